The number of carboxylic acids is 1. The number of carbonyl (C=O) groups is 1. The minimum atomic E-state index is -1.09. The first-order valence-electron chi connectivity index (χ1n) is 4.01. The number of carboxylic acid groups (broad SMARTS) is 1. The molecule has 0 bridgehead atoms. The second-order valence-corrected chi connectivity index (χ2v) is 3.86. The van der Waals surface area contributed by atoms with Crippen LogP contribution in [0.3, 0.4) is 0 Å². The van der Waals surface area contributed by atoms with E-state index < -0.39 is 11.8 Å². The molecule has 1 aliphatic heterocycles. The molecule has 0 unspecified atom stereocenters. The van der Waals surface area contributed by atoms with E-state index in [1.165, 1.54) is 17.8 Å². The molecule has 3 nitrogen and oxygen atoms in total. The molecule has 0 fully saturated rings. The lowest BCUT2D eigenvalue weighted by Gasteiger charge is -2.18. The zero-order valence-corrected chi connectivity index (χ0v) is 9.16. The van der Waals surface area contributed by atoms with Gasteiger partial charge in [-0.2, -0.15) is 0 Å². The molecule has 0 saturated heterocycles. The third kappa shape index (κ3) is 2.18. The summed E-state index contributed by atoms with van der Waals surface area (Å²) in [7, 11) is 0. The average Bonchev–Trinajstić information content (AvgIpc) is 2.18. The molecule has 15 heavy (non-hydrogen) atoms. The minimum absolute atomic E-state index is 0. The van der Waals surface area contributed by atoms with Crippen molar-refractivity contribution in [3.8, 4) is 5.75 Å². The largest absolute Gasteiger partial charge is 0.491 e. The van der Waals surface area contributed by atoms with E-state index in [1.54, 1.807) is 0 Å². The van der Waals surface area contributed by atoms with Crippen LogP contribution in [0.5, 0.6) is 5.75 Å². The van der Waals surface area contributed by atoms with Crippen LogP contribution in [0, 0.1) is 5.82 Å². The molecule has 0 aromatic heterocycles. The number of fused-ring (bicyclic) bond motifs is 1. The van der Waals surface area contributed by atoms with E-state index in [9.17, 15) is 9.18 Å². The summed E-state index contributed by atoms with van der Waals surface area (Å²) in [6.07, 6.45) is 0. The molecule has 82 valence electrons. The standard InChI is InChI=1S/C9H7FO3S.ClH/c10-6-2-1-5(9(11)12)7-8(6)14-4-3-13-7;/h1-2H,3-4H2,(H,11,12);1H. The topological polar surface area (TPSA) is 46.5 Å². The Morgan fingerprint density at radius 1 is 1.53 bits per heavy atom. The molecule has 1 heterocycles. The second kappa shape index (κ2) is 4.72. The fourth-order valence-corrected chi connectivity index (χ4v) is 2.15. The van der Waals surface area contributed by atoms with Crippen LogP contribution in [-0.2, 0) is 0 Å². The highest BCUT2D eigenvalue weighted by molar-refractivity contribution is 7.99. The summed E-state index contributed by atoms with van der Waals surface area (Å²) in [5.41, 5.74) is 0.0219. The number of hydrogen-bond acceptors (Lipinski definition) is 3. The highest BCUT2D eigenvalue weighted by Gasteiger charge is 2.22. The van der Waals surface area contributed by atoms with Crippen LogP contribution in [0.2, 0.25) is 0 Å². The summed E-state index contributed by atoms with van der Waals surface area (Å²) in [6.45, 7) is 0.418. The second-order valence-electron chi connectivity index (χ2n) is 2.76. The van der Waals surface area contributed by atoms with Gasteiger partial charge in [-0.15, -0.1) is 24.2 Å². The van der Waals surface area contributed by atoms with Gasteiger partial charge in [0.05, 0.1) is 11.5 Å². The lowest BCUT2D eigenvalue weighted by atomic mass is 10.2. The quantitative estimate of drug-likeness (QED) is 0.832. The maximum atomic E-state index is 13.2. The summed E-state index contributed by atoms with van der Waals surface area (Å²) in [4.78, 5) is 11.1. The van der Waals surface area contributed by atoms with E-state index in [-0.39, 0.29) is 23.7 Å². The van der Waals surface area contributed by atoms with Crippen molar-refractivity contribution in [2.24, 2.45) is 0 Å². The van der Waals surface area contributed by atoms with Gasteiger partial charge in [0.25, 0.3) is 0 Å². The zero-order valence-electron chi connectivity index (χ0n) is 7.53. The molecule has 0 saturated carbocycles. The average molecular weight is 251 g/mol. The summed E-state index contributed by atoms with van der Waals surface area (Å²) in [6, 6.07) is 2.38. The summed E-state index contributed by atoms with van der Waals surface area (Å²) >= 11 is 1.28. The Morgan fingerprint density at radius 2 is 2.27 bits per heavy atom. The van der Waals surface area contributed by atoms with Gasteiger partial charge < -0.3 is 9.84 Å². The van der Waals surface area contributed by atoms with E-state index in [2.05, 4.69) is 0 Å². The predicted molar refractivity (Wildman–Crippen MR) is 56.8 cm³/mol. The molecular formula is C9H8ClFO3S. The van der Waals surface area contributed by atoms with Crippen LogP contribution < -0.4 is 4.74 Å². The van der Waals surface area contributed by atoms with Crippen molar-refractivity contribution in [2.45, 2.75) is 4.90 Å². The molecule has 1 aliphatic rings. The number of thioether (sulfide) groups is 1. The molecule has 0 spiro atoms. The zero-order chi connectivity index (χ0) is 10.1. The molecule has 1 N–H and O–H groups in total. The lowest BCUT2D eigenvalue weighted by molar-refractivity contribution is 0.0691. The summed E-state index contributed by atoms with van der Waals surface area (Å²) in [5.74, 6) is -0.709. The van der Waals surface area contributed by atoms with E-state index in [4.69, 9.17) is 9.84 Å². The summed E-state index contributed by atoms with van der Waals surface area (Å²) < 4.78 is 18.4. The molecule has 0 amide bonds. The highest BCUT2D eigenvalue weighted by atomic mass is 35.5. The number of benzene rings is 1. The van der Waals surface area contributed by atoms with Crippen LogP contribution in [0.1, 0.15) is 10.4 Å². The minimum Gasteiger partial charge on any atom is -0.491 e. The van der Waals surface area contributed by atoms with Gasteiger partial charge in [0.2, 0.25) is 0 Å². The molecule has 0 aliphatic carbocycles. The number of aromatic carboxylic acids is 1. The van der Waals surface area contributed by atoms with E-state index in [0.29, 0.717) is 17.3 Å². The first-order chi connectivity index (χ1) is 6.70. The van der Waals surface area contributed by atoms with Crippen molar-refractivity contribution in [1.82, 2.24) is 0 Å². The van der Waals surface area contributed by atoms with Crippen molar-refractivity contribution in [1.29, 1.82) is 0 Å². The predicted octanol–water partition coefficient (Wildman–Crippen LogP) is 2.43. The maximum Gasteiger partial charge on any atom is 0.339 e. The van der Waals surface area contributed by atoms with Crippen LogP contribution in [0.25, 0.3) is 0 Å². The van der Waals surface area contributed by atoms with Crippen molar-refractivity contribution in [3.05, 3.63) is 23.5 Å². The maximum absolute atomic E-state index is 13.2. The normalized spacial score (nSPS) is 13.4. The first kappa shape index (κ1) is 12.1. The van der Waals surface area contributed by atoms with Gasteiger partial charge >= 0.3 is 5.97 Å². The van der Waals surface area contributed by atoms with Crippen molar-refractivity contribution in [3.63, 3.8) is 0 Å². The van der Waals surface area contributed by atoms with Gasteiger partial charge in [0.15, 0.2) is 0 Å². The first-order valence-corrected chi connectivity index (χ1v) is 5.00. The Hall–Kier alpha value is -0.940. The fraction of sp³-hybridized carbons (Fsp3) is 0.222. The SMILES string of the molecule is Cl.O=C(O)c1ccc(F)c2c1OCCS2. The third-order valence-corrected chi connectivity index (χ3v) is 2.91. The van der Waals surface area contributed by atoms with Gasteiger partial charge in [-0.3, -0.25) is 0 Å². The van der Waals surface area contributed by atoms with E-state index in [0.717, 1.165) is 6.07 Å². The Balaban J connectivity index is 0.00000112. The molecule has 2 rings (SSSR count). The Kier molecular flexibility index (Phi) is 3.82. The molecule has 1 aromatic carbocycles. The van der Waals surface area contributed by atoms with E-state index in [1.807, 2.05) is 0 Å². The van der Waals surface area contributed by atoms with E-state index >= 15 is 0 Å². The van der Waals surface area contributed by atoms with Crippen LogP contribution in [0.4, 0.5) is 4.39 Å². The summed E-state index contributed by atoms with van der Waals surface area (Å²) in [5, 5.41) is 8.82. The van der Waals surface area contributed by atoms with Crippen LogP contribution in [-0.4, -0.2) is 23.4 Å². The Bertz CT molecular complexity index is 397. The van der Waals surface area contributed by atoms with Crippen LogP contribution >= 0.6 is 24.2 Å². The third-order valence-electron chi connectivity index (χ3n) is 1.87. The molecule has 1 aromatic rings. The van der Waals surface area contributed by atoms with Crippen molar-refractivity contribution >= 4 is 30.1 Å². The van der Waals surface area contributed by atoms with Gasteiger partial charge in [-0.1, -0.05) is 0 Å². The number of ether oxygens (including phenoxy) is 1. The Morgan fingerprint density at radius 3 is 2.93 bits per heavy atom. The smallest absolute Gasteiger partial charge is 0.339 e. The highest BCUT2D eigenvalue weighted by Crippen LogP contribution is 2.38. The number of hydrogen-bond donors (Lipinski definition) is 1. The molecule has 0 radical (unpaired) electrons. The van der Waals surface area contributed by atoms with Gasteiger partial charge in [0.1, 0.15) is 17.1 Å². The monoisotopic (exact) mass is 250 g/mol. The molecular weight excluding hydrogens is 243 g/mol. The van der Waals surface area contributed by atoms with Gasteiger partial charge in [0, 0.05) is 5.75 Å². The van der Waals surface area contributed by atoms with Crippen LogP contribution in [0.15, 0.2) is 17.0 Å². The van der Waals surface area contributed by atoms with Crippen molar-refractivity contribution in [2.75, 3.05) is 12.4 Å². The molecule has 6 heteroatoms. The van der Waals surface area contributed by atoms with Gasteiger partial charge in [-0.05, 0) is 12.1 Å². The lowest BCUT2D eigenvalue weighted by Crippen LogP contribution is -2.12. The number of rotatable bonds is 1. The van der Waals surface area contributed by atoms with Crippen molar-refractivity contribution < 1.29 is 19.0 Å². The number of halogens is 2. The Labute approximate surface area is 96.0 Å². The van der Waals surface area contributed by atoms with Gasteiger partial charge in [-0.25, -0.2) is 9.18 Å². The molecule has 0 atom stereocenters. The fourth-order valence-electron chi connectivity index (χ4n) is 1.27.